The standard InChI is InChI=1S/C53H65NO7/c1-5-7-8-15-42-25-26-60-47(31-43-30-45(56)22-20-41(43)14-10-9-12-37-13-11-16-44(27-37)54-34-36(3)55)33-46(57)21-17-38-19-24-51(59-4)52(29-38)61-35-39-18-23-48-49(28-39)40(6-2)32-50(58)53(42)48/h11,13,16,18-20,22-24,27-30,32,36,41-43,47,54-56,58H,5-10,12,14-15,17,21,31,33-35H2,1-4H3/t36-,41+,42+,43+,47-/m0/s1. The molecule has 3 aliphatic rings. The van der Waals surface area contributed by atoms with Crippen LogP contribution in [-0.4, -0.2) is 47.0 Å². The second-order valence-electron chi connectivity index (χ2n) is 16.9. The number of hydrogen-bond acceptors (Lipinski definition) is 8. The van der Waals surface area contributed by atoms with E-state index in [-0.39, 0.29) is 41.5 Å². The smallest absolute Gasteiger partial charge is 0.161 e. The highest BCUT2D eigenvalue weighted by molar-refractivity contribution is 5.92. The van der Waals surface area contributed by atoms with Crippen LogP contribution in [0.1, 0.15) is 119 Å². The third-order valence-electron chi connectivity index (χ3n) is 12.1. The summed E-state index contributed by atoms with van der Waals surface area (Å²) in [6, 6.07) is 22.4. The number of phenolic OH excluding ortho intramolecular Hbond substituents is 1. The van der Waals surface area contributed by atoms with Gasteiger partial charge in [-0.05, 0) is 145 Å². The molecule has 0 aromatic heterocycles. The number of Topliss-reactive ketones (excluding diaryl/α,β-unsaturated/α-hetero) is 1. The first kappa shape index (κ1) is 45.1. The first-order chi connectivity index (χ1) is 29.6. The number of carbonyl (C=O) groups is 1. The molecule has 0 saturated carbocycles. The number of anilines is 1. The zero-order chi connectivity index (χ0) is 43.1. The summed E-state index contributed by atoms with van der Waals surface area (Å²) in [5.74, 6) is 5.08. The van der Waals surface area contributed by atoms with E-state index >= 15 is 0 Å². The predicted octanol–water partition coefficient (Wildman–Crippen LogP) is 11.5. The molecule has 4 N–H and O–H groups in total. The maximum Gasteiger partial charge on any atom is 0.161 e. The van der Waals surface area contributed by atoms with Crippen LogP contribution in [0, 0.1) is 23.9 Å². The number of phenols is 1. The fraction of sp³-hybridized carbons (Fsp3) is 0.453. The minimum absolute atomic E-state index is 0.0374. The topological polar surface area (TPSA) is 117 Å². The van der Waals surface area contributed by atoms with Crippen LogP contribution in [0.3, 0.4) is 0 Å². The number of nitrogens with one attached hydrogen (secondary N) is 1. The highest BCUT2D eigenvalue weighted by Gasteiger charge is 2.27. The van der Waals surface area contributed by atoms with E-state index in [1.165, 1.54) is 5.56 Å². The number of aryl methyl sites for hydroxylation is 3. The molecular weight excluding hydrogens is 763 g/mol. The van der Waals surface area contributed by atoms with Gasteiger partial charge in [0.05, 0.1) is 19.1 Å². The number of aromatic hydroxyl groups is 1. The quantitative estimate of drug-likeness (QED) is 0.0652. The Kier molecular flexibility index (Phi) is 16.6. The molecule has 8 heteroatoms. The molecule has 0 amide bonds. The normalized spacial score (nSPS) is 19.8. The third kappa shape index (κ3) is 12.8. The number of ketones is 1. The van der Waals surface area contributed by atoms with Gasteiger partial charge < -0.3 is 34.8 Å². The minimum atomic E-state index is -0.497. The summed E-state index contributed by atoms with van der Waals surface area (Å²) in [6.45, 7) is 6.90. The van der Waals surface area contributed by atoms with E-state index in [4.69, 9.17) is 14.2 Å². The molecule has 61 heavy (non-hydrogen) atoms. The number of hydrogen-bond donors (Lipinski definition) is 4. The molecule has 4 aromatic rings. The summed E-state index contributed by atoms with van der Waals surface area (Å²) in [4.78, 5) is 13.8. The highest BCUT2D eigenvalue weighted by atomic mass is 16.5. The molecule has 2 heterocycles. The molecule has 2 aliphatic heterocycles. The Balaban J connectivity index is 1.27. The van der Waals surface area contributed by atoms with Crippen LogP contribution in [0.4, 0.5) is 5.69 Å². The van der Waals surface area contributed by atoms with E-state index in [1.807, 2.05) is 42.5 Å². The van der Waals surface area contributed by atoms with Crippen molar-refractivity contribution in [2.45, 2.75) is 129 Å². The molecule has 0 spiro atoms. The van der Waals surface area contributed by atoms with Gasteiger partial charge in [0, 0.05) is 30.6 Å². The highest BCUT2D eigenvalue weighted by Crippen LogP contribution is 2.40. The van der Waals surface area contributed by atoms with Gasteiger partial charge in [0.2, 0.25) is 0 Å². The number of allylic oxidation sites excluding steroid dienone is 3. The van der Waals surface area contributed by atoms with Crippen LogP contribution < -0.4 is 14.8 Å². The Morgan fingerprint density at radius 2 is 1.75 bits per heavy atom. The number of benzene rings is 4. The van der Waals surface area contributed by atoms with Crippen LogP contribution in [0.5, 0.6) is 17.2 Å². The lowest BCUT2D eigenvalue weighted by Gasteiger charge is -2.28. The SMILES string of the molecule is CCCCC[C@@H]1C#CO[C@@H](C[C@H]2C=C(O)C=C[C@H]2CCCCc2cccc(NC[C@H](C)O)c2)CC(=O)CCc2ccc(OC)c(c2)OCc2ccc3c1c(O)cc(CC)c3c2. The van der Waals surface area contributed by atoms with Gasteiger partial charge in [0.25, 0.3) is 0 Å². The Labute approximate surface area is 363 Å². The van der Waals surface area contributed by atoms with Crippen molar-refractivity contribution in [1.29, 1.82) is 0 Å². The van der Waals surface area contributed by atoms with E-state index in [9.17, 15) is 20.1 Å². The number of methoxy groups -OCH3 is 1. The lowest BCUT2D eigenvalue weighted by Crippen LogP contribution is -2.24. The van der Waals surface area contributed by atoms with Crippen molar-refractivity contribution in [2.75, 3.05) is 19.0 Å². The van der Waals surface area contributed by atoms with E-state index in [0.29, 0.717) is 43.9 Å². The largest absolute Gasteiger partial charge is 0.508 e. The molecule has 0 unspecified atom stereocenters. The Morgan fingerprint density at radius 3 is 2.56 bits per heavy atom. The first-order valence-electron chi connectivity index (χ1n) is 22.5. The van der Waals surface area contributed by atoms with Crippen molar-refractivity contribution in [3.8, 4) is 29.3 Å². The van der Waals surface area contributed by atoms with Gasteiger partial charge in [0.15, 0.2) is 11.5 Å². The molecule has 0 fully saturated rings. The van der Waals surface area contributed by atoms with Crippen LogP contribution in [0.15, 0.2) is 90.7 Å². The summed E-state index contributed by atoms with van der Waals surface area (Å²) in [7, 11) is 1.63. The number of ether oxygens (including phenoxy) is 3. The number of aliphatic hydroxyl groups is 2. The summed E-state index contributed by atoms with van der Waals surface area (Å²) in [6.07, 6.45) is 18.0. The zero-order valence-corrected chi connectivity index (χ0v) is 36.6. The molecule has 4 aromatic carbocycles. The van der Waals surface area contributed by atoms with Crippen LogP contribution in [-0.2, 0) is 35.4 Å². The van der Waals surface area contributed by atoms with E-state index in [0.717, 1.165) is 96.5 Å². The molecule has 7 rings (SSSR count). The summed E-state index contributed by atoms with van der Waals surface area (Å²) >= 11 is 0. The number of carbonyl (C=O) groups excluding carboxylic acids is 1. The van der Waals surface area contributed by atoms with Crippen molar-refractivity contribution < 1.29 is 34.3 Å². The van der Waals surface area contributed by atoms with E-state index in [2.05, 4.69) is 67.6 Å². The Bertz CT molecular complexity index is 2210. The van der Waals surface area contributed by atoms with Gasteiger partial charge in [-0.15, -0.1) is 0 Å². The average molecular weight is 828 g/mol. The van der Waals surface area contributed by atoms with Gasteiger partial charge >= 0.3 is 0 Å². The fourth-order valence-electron chi connectivity index (χ4n) is 8.77. The Morgan fingerprint density at radius 1 is 0.918 bits per heavy atom. The maximum atomic E-state index is 13.8. The van der Waals surface area contributed by atoms with Crippen molar-refractivity contribution in [2.24, 2.45) is 11.8 Å². The van der Waals surface area contributed by atoms with Crippen molar-refractivity contribution in [3.05, 3.63) is 119 Å². The van der Waals surface area contributed by atoms with Gasteiger partial charge in [0.1, 0.15) is 36.1 Å². The molecule has 5 atom stereocenters. The zero-order valence-electron chi connectivity index (χ0n) is 36.6. The average Bonchev–Trinajstić information content (AvgIpc) is 3.25. The molecule has 324 valence electrons. The molecular formula is C53H65NO7. The fourth-order valence-corrected chi connectivity index (χ4v) is 8.77. The van der Waals surface area contributed by atoms with Gasteiger partial charge in [-0.1, -0.05) is 81.9 Å². The molecule has 0 radical (unpaired) electrons. The minimum Gasteiger partial charge on any atom is -0.508 e. The molecule has 6 bridgehead atoms. The van der Waals surface area contributed by atoms with Gasteiger partial charge in [-0.3, -0.25) is 4.79 Å². The van der Waals surface area contributed by atoms with E-state index in [1.54, 1.807) is 20.1 Å². The summed E-state index contributed by atoms with van der Waals surface area (Å²) in [5.41, 5.74) is 6.11. The Hall–Kier alpha value is -5.39. The molecule has 8 nitrogen and oxygen atoms in total. The molecule has 0 saturated heterocycles. The van der Waals surface area contributed by atoms with Crippen molar-refractivity contribution >= 4 is 22.2 Å². The lowest BCUT2D eigenvalue weighted by atomic mass is 9.80. The molecule has 1 aliphatic carbocycles. The van der Waals surface area contributed by atoms with Crippen LogP contribution in [0.25, 0.3) is 10.8 Å². The van der Waals surface area contributed by atoms with Gasteiger partial charge in [-0.2, -0.15) is 0 Å². The predicted molar refractivity (Wildman–Crippen MR) is 245 cm³/mol. The van der Waals surface area contributed by atoms with Crippen molar-refractivity contribution in [1.82, 2.24) is 0 Å². The van der Waals surface area contributed by atoms with Crippen LogP contribution >= 0.6 is 0 Å². The summed E-state index contributed by atoms with van der Waals surface area (Å²) < 4.78 is 18.5. The number of fused-ring (bicyclic) bond motifs is 9. The summed E-state index contributed by atoms with van der Waals surface area (Å²) in [5, 5.41) is 37.4. The number of aliphatic hydroxyl groups excluding tert-OH is 2. The third-order valence-corrected chi connectivity index (χ3v) is 12.1. The van der Waals surface area contributed by atoms with Crippen LogP contribution in [0.2, 0.25) is 0 Å². The number of unbranched alkanes of at least 4 members (excludes halogenated alkanes) is 3. The van der Waals surface area contributed by atoms with Gasteiger partial charge in [-0.25, -0.2) is 0 Å². The second-order valence-corrected chi connectivity index (χ2v) is 16.9. The monoisotopic (exact) mass is 827 g/mol. The lowest BCUT2D eigenvalue weighted by molar-refractivity contribution is -0.121. The second kappa shape index (κ2) is 22.5. The number of rotatable bonds is 16. The van der Waals surface area contributed by atoms with E-state index < -0.39 is 12.2 Å². The first-order valence-corrected chi connectivity index (χ1v) is 22.5. The van der Waals surface area contributed by atoms with Crippen molar-refractivity contribution in [3.63, 3.8) is 0 Å². The maximum absolute atomic E-state index is 13.8.